The number of unbranched alkanes of at least 4 members (excludes halogenated alkanes) is 2. The molecular weight excluding hydrogens is 646 g/mol. The highest BCUT2D eigenvalue weighted by molar-refractivity contribution is 5.88. The molecular formula is C40H59N5O6. The molecule has 0 aliphatic heterocycles. The van der Waals surface area contributed by atoms with Gasteiger partial charge in [0.2, 0.25) is 0 Å². The van der Waals surface area contributed by atoms with Crippen molar-refractivity contribution in [3.05, 3.63) is 59.2 Å². The fourth-order valence-corrected chi connectivity index (χ4v) is 6.39. The van der Waals surface area contributed by atoms with Gasteiger partial charge in [0.05, 0.1) is 29.3 Å². The van der Waals surface area contributed by atoms with Crippen molar-refractivity contribution in [3.63, 3.8) is 0 Å². The molecule has 1 aliphatic rings. The van der Waals surface area contributed by atoms with Gasteiger partial charge in [-0.3, -0.25) is 9.88 Å². The largest absolute Gasteiger partial charge is 0.443 e. The standard InChI is InChI=1S/C40H59N5O6/c1-11-12-18-28-23-24-41-34-29(28)19-17-22-32(34)43(25-15-16-26-44(35(46)49-38(2,3)4)36(47)50-39(5,6)7)27-33-42-30-20-13-14-21-31(30)45(33)37(48)51-40(8,9)10/h13-14,20-21,23-24,32H,11-12,15-19,22,25-27H2,1-10H3/t32-/m0/s1. The van der Waals surface area contributed by atoms with Crippen LogP contribution in [0.5, 0.6) is 0 Å². The van der Waals surface area contributed by atoms with Crippen molar-refractivity contribution in [2.75, 3.05) is 13.1 Å². The zero-order valence-electron chi connectivity index (χ0n) is 32.5. The van der Waals surface area contributed by atoms with Crippen LogP contribution in [0.25, 0.3) is 11.0 Å². The van der Waals surface area contributed by atoms with Crippen LogP contribution >= 0.6 is 0 Å². The van der Waals surface area contributed by atoms with E-state index < -0.39 is 35.1 Å². The minimum Gasteiger partial charge on any atom is -0.443 e. The number of amides is 2. The van der Waals surface area contributed by atoms with Crippen molar-refractivity contribution in [1.82, 2.24) is 24.3 Å². The average Bonchev–Trinajstić information content (AvgIpc) is 3.38. The van der Waals surface area contributed by atoms with E-state index in [1.807, 2.05) is 51.2 Å². The van der Waals surface area contributed by atoms with Crippen molar-refractivity contribution in [3.8, 4) is 0 Å². The molecule has 1 atom stereocenters. The number of aromatic nitrogens is 3. The number of benzene rings is 1. The number of nitrogens with zero attached hydrogens (tertiary/aromatic N) is 5. The molecule has 0 unspecified atom stereocenters. The van der Waals surface area contributed by atoms with E-state index in [1.165, 1.54) is 11.1 Å². The van der Waals surface area contributed by atoms with Gasteiger partial charge in [0.15, 0.2) is 0 Å². The minimum atomic E-state index is -0.773. The second kappa shape index (κ2) is 16.6. The van der Waals surface area contributed by atoms with Crippen molar-refractivity contribution < 1.29 is 28.6 Å². The first-order valence-electron chi connectivity index (χ1n) is 18.5. The summed E-state index contributed by atoms with van der Waals surface area (Å²) in [6, 6.07) is 9.76. The number of carbonyl (C=O) groups excluding carboxylic acids is 3. The maximum absolute atomic E-state index is 13.7. The second-order valence-electron chi connectivity index (χ2n) is 16.5. The number of hydrogen-bond donors (Lipinski definition) is 0. The van der Waals surface area contributed by atoms with Crippen molar-refractivity contribution in [1.29, 1.82) is 0 Å². The SMILES string of the molecule is CCCCc1ccnc2c1CCC[C@@H]2N(CCCCN(C(=O)OC(C)(C)C)C(=O)OC(C)(C)C)Cc1nc2ccccc2n1C(=O)OC(C)(C)C. The maximum atomic E-state index is 13.7. The molecule has 51 heavy (non-hydrogen) atoms. The molecule has 2 heterocycles. The molecule has 0 radical (unpaired) electrons. The molecule has 0 spiro atoms. The monoisotopic (exact) mass is 705 g/mol. The highest BCUT2D eigenvalue weighted by Crippen LogP contribution is 2.36. The molecule has 11 nitrogen and oxygen atoms in total. The zero-order valence-corrected chi connectivity index (χ0v) is 32.5. The van der Waals surface area contributed by atoms with E-state index in [-0.39, 0.29) is 12.6 Å². The molecule has 1 aliphatic carbocycles. The molecule has 3 aromatic rings. The Kier molecular flexibility index (Phi) is 12.9. The van der Waals surface area contributed by atoms with Gasteiger partial charge in [-0.15, -0.1) is 0 Å². The maximum Gasteiger partial charge on any atom is 0.420 e. The Balaban J connectivity index is 1.66. The molecule has 280 valence electrons. The fraction of sp³-hybridized carbons (Fsp3) is 0.625. The molecule has 11 heteroatoms. The molecule has 0 bridgehead atoms. The molecule has 2 amide bonds. The molecule has 0 saturated heterocycles. The highest BCUT2D eigenvalue weighted by atomic mass is 16.6. The molecule has 0 saturated carbocycles. The van der Waals surface area contributed by atoms with Crippen molar-refractivity contribution >= 4 is 29.3 Å². The zero-order chi connectivity index (χ0) is 37.6. The number of carbonyl (C=O) groups is 3. The van der Waals surface area contributed by atoms with Crippen LogP contribution in [0, 0.1) is 0 Å². The lowest BCUT2D eigenvalue weighted by Gasteiger charge is -2.36. The number of imide groups is 1. The molecule has 4 rings (SSSR count). The van der Waals surface area contributed by atoms with Crippen LogP contribution in [0.2, 0.25) is 0 Å². The lowest BCUT2D eigenvalue weighted by atomic mass is 9.86. The van der Waals surface area contributed by atoms with E-state index in [9.17, 15) is 14.4 Å². The molecule has 0 fully saturated rings. The Bertz CT molecular complexity index is 1630. The van der Waals surface area contributed by atoms with E-state index in [2.05, 4.69) is 17.9 Å². The summed E-state index contributed by atoms with van der Waals surface area (Å²) in [5, 5.41) is 0. The highest BCUT2D eigenvalue weighted by Gasteiger charge is 2.33. The summed E-state index contributed by atoms with van der Waals surface area (Å²) in [6.45, 7) is 19.5. The van der Waals surface area contributed by atoms with Crippen molar-refractivity contribution in [2.45, 2.75) is 150 Å². The van der Waals surface area contributed by atoms with E-state index >= 15 is 0 Å². The Morgan fingerprint density at radius 2 is 1.47 bits per heavy atom. The Hall–Kier alpha value is -3.99. The third kappa shape index (κ3) is 11.2. The first kappa shape index (κ1) is 39.8. The van der Waals surface area contributed by atoms with E-state index in [4.69, 9.17) is 24.2 Å². The number of fused-ring (bicyclic) bond motifs is 2. The molecule has 2 aromatic heterocycles. The lowest BCUT2D eigenvalue weighted by Crippen LogP contribution is -2.44. The molecule has 1 aromatic carbocycles. The Morgan fingerprint density at radius 1 is 0.843 bits per heavy atom. The average molecular weight is 706 g/mol. The number of imidazole rings is 1. The Labute approximate surface area is 304 Å². The summed E-state index contributed by atoms with van der Waals surface area (Å²) in [5.74, 6) is 0.587. The van der Waals surface area contributed by atoms with Crippen molar-refractivity contribution in [2.24, 2.45) is 0 Å². The van der Waals surface area contributed by atoms with E-state index in [0.29, 0.717) is 42.8 Å². The normalized spacial score (nSPS) is 15.1. The van der Waals surface area contributed by atoms with Crippen LogP contribution in [-0.4, -0.2) is 72.5 Å². The lowest BCUT2D eigenvalue weighted by molar-refractivity contribution is 0.000977. The van der Waals surface area contributed by atoms with Gasteiger partial charge in [0.1, 0.15) is 22.6 Å². The van der Waals surface area contributed by atoms with E-state index in [0.717, 1.165) is 49.1 Å². The summed E-state index contributed by atoms with van der Waals surface area (Å²) < 4.78 is 18.6. The van der Waals surface area contributed by atoms with Gasteiger partial charge in [-0.25, -0.2) is 28.8 Å². The minimum absolute atomic E-state index is 0.00459. The number of pyridine rings is 1. The van der Waals surface area contributed by atoms with Crippen LogP contribution in [0.4, 0.5) is 14.4 Å². The first-order valence-corrected chi connectivity index (χ1v) is 18.5. The summed E-state index contributed by atoms with van der Waals surface area (Å²) in [5.41, 5.74) is 2.94. The van der Waals surface area contributed by atoms with Gasteiger partial charge >= 0.3 is 18.3 Å². The van der Waals surface area contributed by atoms with E-state index in [1.54, 1.807) is 46.1 Å². The number of hydrogen-bond acceptors (Lipinski definition) is 9. The second-order valence-corrected chi connectivity index (χ2v) is 16.5. The number of aryl methyl sites for hydroxylation is 1. The summed E-state index contributed by atoms with van der Waals surface area (Å²) in [7, 11) is 0. The van der Waals surface area contributed by atoms with Gasteiger partial charge in [0.25, 0.3) is 0 Å². The summed E-state index contributed by atoms with van der Waals surface area (Å²) >= 11 is 0. The smallest absolute Gasteiger partial charge is 0.420 e. The Morgan fingerprint density at radius 3 is 2.10 bits per heavy atom. The van der Waals surface area contributed by atoms with Gasteiger partial charge in [0, 0.05) is 12.7 Å². The van der Waals surface area contributed by atoms with Gasteiger partial charge in [-0.1, -0.05) is 25.5 Å². The number of rotatable bonds is 11. The van der Waals surface area contributed by atoms with Crippen LogP contribution in [0.1, 0.15) is 136 Å². The third-order valence-electron chi connectivity index (χ3n) is 8.50. The van der Waals surface area contributed by atoms with Gasteiger partial charge < -0.3 is 14.2 Å². The quantitative estimate of drug-likeness (QED) is 0.142. The fourth-order valence-electron chi connectivity index (χ4n) is 6.39. The van der Waals surface area contributed by atoms with Gasteiger partial charge in [-0.2, -0.15) is 0 Å². The summed E-state index contributed by atoms with van der Waals surface area (Å²) in [4.78, 5) is 53.3. The van der Waals surface area contributed by atoms with Crippen LogP contribution in [0.3, 0.4) is 0 Å². The predicted molar refractivity (Wildman–Crippen MR) is 199 cm³/mol. The summed E-state index contributed by atoms with van der Waals surface area (Å²) in [6.07, 6.45) is 7.34. The first-order chi connectivity index (χ1) is 23.9. The molecule has 0 N–H and O–H groups in total. The number of para-hydroxylation sites is 2. The topological polar surface area (TPSA) is 116 Å². The predicted octanol–water partition coefficient (Wildman–Crippen LogP) is 9.39. The van der Waals surface area contributed by atoms with Gasteiger partial charge in [-0.05, 0) is 143 Å². The van der Waals surface area contributed by atoms with Crippen LogP contribution < -0.4 is 0 Å². The number of ether oxygens (including phenoxy) is 3. The van der Waals surface area contributed by atoms with Crippen LogP contribution in [0.15, 0.2) is 36.5 Å². The van der Waals surface area contributed by atoms with Crippen LogP contribution in [-0.2, 0) is 33.6 Å². The third-order valence-corrected chi connectivity index (χ3v) is 8.50.